The van der Waals surface area contributed by atoms with Crippen LogP contribution in [-0.2, 0) is 0 Å². The topological polar surface area (TPSA) is 48.5 Å². The molecule has 0 aliphatic rings. The smallest absolute Gasteiger partial charge is 0.164 e. The number of fused-ring (bicyclic) bond motifs is 7. The predicted octanol–water partition coefficient (Wildman–Crippen LogP) is 13.9. The van der Waals surface area contributed by atoms with Gasteiger partial charge in [0, 0.05) is 55.2 Å². The number of nitrogens with zero attached hydrogens (tertiary/aromatic N) is 5. The summed E-state index contributed by atoms with van der Waals surface area (Å²) in [6.45, 7) is 0. The minimum Gasteiger partial charge on any atom is -0.309 e. The maximum absolute atomic E-state index is 5.27. The highest BCUT2D eigenvalue weighted by molar-refractivity contribution is 6.16. The normalized spacial score (nSPS) is 11.7. The van der Waals surface area contributed by atoms with Crippen LogP contribution in [0.1, 0.15) is 0 Å². The molecular weight excluding hydrogens is 731 g/mol. The Balaban J connectivity index is 1.02. The number of aromatic nitrogens is 5. The van der Waals surface area contributed by atoms with Crippen molar-refractivity contribution < 1.29 is 0 Å². The Morgan fingerprint density at radius 2 is 0.800 bits per heavy atom. The van der Waals surface area contributed by atoms with E-state index in [-0.39, 0.29) is 0 Å². The molecular formula is C55H35N5. The van der Waals surface area contributed by atoms with Crippen molar-refractivity contribution in [3.63, 3.8) is 0 Å². The molecule has 0 spiro atoms. The lowest BCUT2D eigenvalue weighted by Crippen LogP contribution is -2.00. The van der Waals surface area contributed by atoms with Gasteiger partial charge in [0.15, 0.2) is 17.5 Å². The standard InChI is InChI=1S/C55H35N5/c1-4-16-36(17-5-1)53-56-54(58-55(57-53)47-26-15-29-50-51(47)46-23-11-13-28-49(46)59(50)41-18-6-2-7-19-41)40-33-31-37-34-39(32-30-38(37)35-40)43-24-14-25-45-44-22-10-12-27-48(44)60(52(43)45)42-20-8-3-9-21-42/h1-35H. The lowest BCUT2D eigenvalue weighted by molar-refractivity contribution is 1.08. The lowest BCUT2D eigenvalue weighted by Gasteiger charge is -2.13. The van der Waals surface area contributed by atoms with Gasteiger partial charge >= 0.3 is 0 Å². The van der Waals surface area contributed by atoms with E-state index in [0.717, 1.165) is 66.2 Å². The minimum absolute atomic E-state index is 0.630. The number of benzene rings is 9. The summed E-state index contributed by atoms with van der Waals surface area (Å²) < 4.78 is 4.73. The second-order valence-electron chi connectivity index (χ2n) is 15.2. The van der Waals surface area contributed by atoms with E-state index in [4.69, 9.17) is 15.0 Å². The van der Waals surface area contributed by atoms with Crippen LogP contribution < -0.4 is 0 Å². The first-order chi connectivity index (χ1) is 29.8. The van der Waals surface area contributed by atoms with Gasteiger partial charge in [-0.25, -0.2) is 15.0 Å². The fourth-order valence-electron chi connectivity index (χ4n) is 9.05. The van der Waals surface area contributed by atoms with E-state index in [1.807, 2.05) is 18.2 Å². The molecule has 0 saturated heterocycles. The SMILES string of the molecule is c1ccc(-c2nc(-c3ccc4cc(-c5cccc6c7ccccc7n(-c7ccccc7)c56)ccc4c3)nc(-c3cccc4c3c3ccccc3n4-c3ccccc3)n2)cc1. The number of rotatable bonds is 6. The summed E-state index contributed by atoms with van der Waals surface area (Å²) in [4.78, 5) is 15.6. The van der Waals surface area contributed by atoms with Crippen molar-refractivity contribution in [1.82, 2.24) is 24.1 Å². The average molecular weight is 766 g/mol. The summed E-state index contributed by atoms with van der Waals surface area (Å²) in [7, 11) is 0. The van der Waals surface area contributed by atoms with Gasteiger partial charge in [0.1, 0.15) is 0 Å². The van der Waals surface area contributed by atoms with Crippen molar-refractivity contribution in [2.75, 3.05) is 0 Å². The highest BCUT2D eigenvalue weighted by atomic mass is 15.0. The molecule has 0 radical (unpaired) electrons. The molecule has 12 aromatic rings. The highest BCUT2D eigenvalue weighted by Gasteiger charge is 2.20. The fraction of sp³-hybridized carbons (Fsp3) is 0. The summed E-state index contributed by atoms with van der Waals surface area (Å²) >= 11 is 0. The van der Waals surface area contributed by atoms with Crippen LogP contribution in [0.15, 0.2) is 212 Å². The van der Waals surface area contributed by atoms with Gasteiger partial charge in [0.05, 0.1) is 22.1 Å². The third-order valence-electron chi connectivity index (χ3n) is 11.7. The van der Waals surface area contributed by atoms with E-state index in [2.05, 4.69) is 203 Å². The second-order valence-corrected chi connectivity index (χ2v) is 15.2. The highest BCUT2D eigenvalue weighted by Crippen LogP contribution is 2.41. The Labute approximate surface area is 346 Å². The molecule has 0 atom stereocenters. The van der Waals surface area contributed by atoms with Gasteiger partial charge in [-0.3, -0.25) is 0 Å². The molecule has 0 aliphatic carbocycles. The molecule has 0 aliphatic heterocycles. The molecule has 0 bridgehead atoms. The van der Waals surface area contributed by atoms with Crippen LogP contribution in [0, 0.1) is 0 Å². The zero-order valence-electron chi connectivity index (χ0n) is 32.4. The van der Waals surface area contributed by atoms with Crippen LogP contribution in [0.25, 0.3) is 111 Å². The van der Waals surface area contributed by atoms with Crippen LogP contribution in [0.5, 0.6) is 0 Å². The Hall–Kier alpha value is -8.15. The third-order valence-corrected chi connectivity index (χ3v) is 11.7. The maximum atomic E-state index is 5.27. The van der Waals surface area contributed by atoms with Crippen molar-refractivity contribution in [3.05, 3.63) is 212 Å². The van der Waals surface area contributed by atoms with Crippen LogP contribution in [-0.4, -0.2) is 24.1 Å². The van der Waals surface area contributed by atoms with E-state index in [1.165, 1.54) is 27.4 Å². The fourth-order valence-corrected chi connectivity index (χ4v) is 9.05. The first-order valence-electron chi connectivity index (χ1n) is 20.3. The molecule has 0 amide bonds. The quantitative estimate of drug-likeness (QED) is 0.169. The van der Waals surface area contributed by atoms with Crippen LogP contribution in [0.4, 0.5) is 0 Å². The van der Waals surface area contributed by atoms with Crippen LogP contribution >= 0.6 is 0 Å². The van der Waals surface area contributed by atoms with Gasteiger partial charge in [-0.05, 0) is 70.9 Å². The van der Waals surface area contributed by atoms with Crippen LogP contribution in [0.3, 0.4) is 0 Å². The molecule has 3 heterocycles. The molecule has 9 aromatic carbocycles. The zero-order chi connectivity index (χ0) is 39.6. The molecule has 0 unspecified atom stereocenters. The first-order valence-corrected chi connectivity index (χ1v) is 20.3. The molecule has 0 N–H and O–H groups in total. The van der Waals surface area contributed by atoms with Gasteiger partial charge in [0.25, 0.3) is 0 Å². The van der Waals surface area contributed by atoms with Crippen LogP contribution in [0.2, 0.25) is 0 Å². The summed E-state index contributed by atoms with van der Waals surface area (Å²) in [5.74, 6) is 1.90. The van der Waals surface area contributed by atoms with Crippen molar-refractivity contribution in [3.8, 4) is 56.7 Å². The zero-order valence-corrected chi connectivity index (χ0v) is 32.4. The Morgan fingerprint density at radius 1 is 0.300 bits per heavy atom. The molecule has 60 heavy (non-hydrogen) atoms. The third kappa shape index (κ3) is 5.44. The summed E-state index contributed by atoms with van der Waals surface area (Å²) in [5.41, 5.74) is 12.1. The minimum atomic E-state index is 0.630. The van der Waals surface area contributed by atoms with E-state index >= 15 is 0 Å². The van der Waals surface area contributed by atoms with E-state index in [0.29, 0.717) is 17.5 Å². The molecule has 0 fully saturated rings. The molecule has 5 heteroatoms. The molecule has 5 nitrogen and oxygen atoms in total. The monoisotopic (exact) mass is 765 g/mol. The van der Waals surface area contributed by atoms with Gasteiger partial charge in [-0.2, -0.15) is 0 Å². The van der Waals surface area contributed by atoms with E-state index in [9.17, 15) is 0 Å². The molecule has 3 aromatic heterocycles. The number of para-hydroxylation sites is 5. The summed E-state index contributed by atoms with van der Waals surface area (Å²) in [6.07, 6.45) is 0. The molecule has 12 rings (SSSR count). The van der Waals surface area contributed by atoms with Gasteiger partial charge in [-0.15, -0.1) is 0 Å². The maximum Gasteiger partial charge on any atom is 0.164 e. The first kappa shape index (κ1) is 33.9. The average Bonchev–Trinajstić information content (AvgIpc) is 3.85. The molecule has 280 valence electrons. The van der Waals surface area contributed by atoms with Gasteiger partial charge < -0.3 is 9.13 Å². The Bertz CT molecular complexity index is 3590. The second kappa shape index (κ2) is 13.8. The number of hydrogen-bond acceptors (Lipinski definition) is 3. The Kier molecular flexibility index (Phi) is 7.78. The Morgan fingerprint density at radius 3 is 1.53 bits per heavy atom. The van der Waals surface area contributed by atoms with E-state index in [1.54, 1.807) is 0 Å². The summed E-state index contributed by atoms with van der Waals surface area (Å²) in [5, 5.41) is 7.00. The van der Waals surface area contributed by atoms with Gasteiger partial charge in [-0.1, -0.05) is 158 Å². The van der Waals surface area contributed by atoms with E-state index < -0.39 is 0 Å². The van der Waals surface area contributed by atoms with Crippen molar-refractivity contribution in [2.24, 2.45) is 0 Å². The van der Waals surface area contributed by atoms with Crippen molar-refractivity contribution in [1.29, 1.82) is 0 Å². The largest absolute Gasteiger partial charge is 0.309 e. The summed E-state index contributed by atoms with van der Waals surface area (Å²) in [6, 6.07) is 75.0. The van der Waals surface area contributed by atoms with Gasteiger partial charge in [0.2, 0.25) is 0 Å². The predicted molar refractivity (Wildman–Crippen MR) is 248 cm³/mol. The molecule has 0 saturated carbocycles. The lowest BCUT2D eigenvalue weighted by atomic mass is 9.98. The van der Waals surface area contributed by atoms with Crippen molar-refractivity contribution >= 4 is 54.4 Å². The number of hydrogen-bond donors (Lipinski definition) is 0. The van der Waals surface area contributed by atoms with Crippen molar-refractivity contribution in [2.45, 2.75) is 0 Å².